The van der Waals surface area contributed by atoms with E-state index in [4.69, 9.17) is 23.7 Å². The minimum Gasteiger partial charge on any atom is -0.497 e. The summed E-state index contributed by atoms with van der Waals surface area (Å²) in [6, 6.07) is 10.4. The molecule has 0 saturated heterocycles. The number of benzene rings is 2. The fourth-order valence-corrected chi connectivity index (χ4v) is 2.56. The molecule has 0 saturated carbocycles. The Bertz CT molecular complexity index is 910. The van der Waals surface area contributed by atoms with Crippen LogP contribution in [0.5, 0.6) is 23.0 Å². The molecule has 0 aromatic heterocycles. The monoisotopic (exact) mass is 369 g/mol. The Labute approximate surface area is 156 Å². The number of hydrogen-bond acceptors (Lipinski definition) is 7. The van der Waals surface area contributed by atoms with Crippen LogP contribution in [0.1, 0.15) is 11.1 Å². The second-order valence-corrected chi connectivity index (χ2v) is 5.55. The van der Waals surface area contributed by atoms with Crippen LogP contribution >= 0.6 is 0 Å². The van der Waals surface area contributed by atoms with Gasteiger partial charge >= 0.3 is 5.97 Å². The van der Waals surface area contributed by atoms with Crippen LogP contribution in [0.3, 0.4) is 0 Å². The zero-order valence-electron chi connectivity index (χ0n) is 15.4. The molecular weight excluding hydrogens is 350 g/mol. The molecule has 0 spiro atoms. The topological polar surface area (TPSA) is 75.6 Å². The lowest BCUT2D eigenvalue weighted by atomic mass is 10.1. The highest BCUT2D eigenvalue weighted by Gasteiger charge is 2.25. The summed E-state index contributed by atoms with van der Waals surface area (Å²) in [5.41, 5.74) is 1.37. The van der Waals surface area contributed by atoms with Crippen molar-refractivity contribution < 1.29 is 28.5 Å². The third-order valence-electron chi connectivity index (χ3n) is 3.95. The zero-order chi connectivity index (χ0) is 19.4. The molecule has 3 rings (SSSR count). The number of carbonyl (C=O) groups is 1. The number of cyclic esters (lactones) is 1. The first-order valence-corrected chi connectivity index (χ1v) is 8.06. The van der Waals surface area contributed by atoms with Gasteiger partial charge in [0.1, 0.15) is 23.0 Å². The van der Waals surface area contributed by atoms with Crippen molar-refractivity contribution in [2.45, 2.75) is 0 Å². The maximum atomic E-state index is 12.3. The molecule has 0 amide bonds. The van der Waals surface area contributed by atoms with E-state index in [1.165, 1.54) is 0 Å². The molecule has 0 bridgehead atoms. The van der Waals surface area contributed by atoms with E-state index in [0.29, 0.717) is 34.1 Å². The Morgan fingerprint density at radius 3 is 2.11 bits per heavy atom. The summed E-state index contributed by atoms with van der Waals surface area (Å²) in [6.45, 7) is 0. The highest BCUT2D eigenvalue weighted by atomic mass is 16.6. The highest BCUT2D eigenvalue weighted by Crippen LogP contribution is 2.29. The molecule has 1 aliphatic rings. The predicted molar refractivity (Wildman–Crippen MR) is 99.7 cm³/mol. The van der Waals surface area contributed by atoms with Crippen molar-refractivity contribution in [2.24, 2.45) is 4.99 Å². The summed E-state index contributed by atoms with van der Waals surface area (Å²) in [6.07, 6.45) is 1.59. The fourth-order valence-electron chi connectivity index (χ4n) is 2.56. The molecule has 7 nitrogen and oxygen atoms in total. The molecular formula is C20H19NO6. The summed E-state index contributed by atoms with van der Waals surface area (Å²) in [7, 11) is 6.20. The molecule has 2 aromatic carbocycles. The molecule has 1 aliphatic heterocycles. The lowest BCUT2D eigenvalue weighted by Gasteiger charge is -2.07. The van der Waals surface area contributed by atoms with Crippen molar-refractivity contribution in [2.75, 3.05) is 28.4 Å². The lowest BCUT2D eigenvalue weighted by molar-refractivity contribution is -0.129. The van der Waals surface area contributed by atoms with E-state index in [-0.39, 0.29) is 11.6 Å². The normalized spacial score (nSPS) is 14.6. The van der Waals surface area contributed by atoms with E-state index in [2.05, 4.69) is 4.99 Å². The molecule has 140 valence electrons. The first-order chi connectivity index (χ1) is 13.1. The van der Waals surface area contributed by atoms with Crippen molar-refractivity contribution in [1.82, 2.24) is 0 Å². The molecule has 0 atom stereocenters. The van der Waals surface area contributed by atoms with Crippen LogP contribution in [-0.2, 0) is 9.53 Å². The van der Waals surface area contributed by atoms with Crippen LogP contribution in [0.4, 0.5) is 0 Å². The van der Waals surface area contributed by atoms with Crippen LogP contribution in [0, 0.1) is 0 Å². The van der Waals surface area contributed by atoms with Crippen LogP contribution < -0.4 is 18.9 Å². The van der Waals surface area contributed by atoms with E-state index in [1.807, 2.05) is 0 Å². The summed E-state index contributed by atoms with van der Waals surface area (Å²) < 4.78 is 26.4. The number of methoxy groups -OCH3 is 4. The number of nitrogens with zero attached hydrogens (tertiary/aromatic N) is 1. The average Bonchev–Trinajstić information content (AvgIpc) is 3.07. The van der Waals surface area contributed by atoms with Gasteiger partial charge in [0.05, 0.1) is 28.4 Å². The Balaban J connectivity index is 2.01. The lowest BCUT2D eigenvalue weighted by Crippen LogP contribution is -2.06. The standard InChI is InChI=1S/C20H19NO6/c1-23-14-5-6-18(26-4)12(7-14)10-17-20(22)27-19(21-17)13-8-15(24-2)11-16(9-13)25-3/h5-11H,1-4H3/b17-10-. The molecule has 2 aromatic rings. The first-order valence-electron chi connectivity index (χ1n) is 8.06. The van der Waals surface area contributed by atoms with Gasteiger partial charge in [-0.25, -0.2) is 9.79 Å². The van der Waals surface area contributed by atoms with E-state index in [0.717, 1.165) is 0 Å². The van der Waals surface area contributed by atoms with Gasteiger partial charge < -0.3 is 23.7 Å². The number of ether oxygens (including phenoxy) is 5. The van der Waals surface area contributed by atoms with Crippen molar-refractivity contribution in [3.8, 4) is 23.0 Å². The second kappa shape index (κ2) is 7.82. The summed E-state index contributed by atoms with van der Waals surface area (Å²) >= 11 is 0. The van der Waals surface area contributed by atoms with E-state index in [9.17, 15) is 4.79 Å². The maximum Gasteiger partial charge on any atom is 0.363 e. The zero-order valence-corrected chi connectivity index (χ0v) is 15.4. The summed E-state index contributed by atoms with van der Waals surface area (Å²) in [5.74, 6) is 1.96. The smallest absolute Gasteiger partial charge is 0.363 e. The first kappa shape index (κ1) is 18.3. The Hall–Kier alpha value is -3.48. The molecule has 0 N–H and O–H groups in total. The van der Waals surface area contributed by atoms with Gasteiger partial charge in [-0.15, -0.1) is 0 Å². The van der Waals surface area contributed by atoms with E-state index >= 15 is 0 Å². The Morgan fingerprint density at radius 2 is 1.52 bits per heavy atom. The predicted octanol–water partition coefficient (Wildman–Crippen LogP) is 3.07. The van der Waals surface area contributed by atoms with Crippen molar-refractivity contribution in [3.63, 3.8) is 0 Å². The molecule has 0 radical (unpaired) electrons. The van der Waals surface area contributed by atoms with Gasteiger partial charge in [-0.05, 0) is 36.4 Å². The van der Waals surface area contributed by atoms with E-state index in [1.54, 1.807) is 70.9 Å². The number of esters is 1. The SMILES string of the molecule is COc1cc(OC)cc(C2=N/C(=C\c3cc(OC)ccc3OC)C(=O)O2)c1. The molecule has 0 fully saturated rings. The maximum absolute atomic E-state index is 12.3. The Morgan fingerprint density at radius 1 is 0.852 bits per heavy atom. The highest BCUT2D eigenvalue weighted by molar-refractivity contribution is 6.13. The van der Waals surface area contributed by atoms with E-state index < -0.39 is 5.97 Å². The van der Waals surface area contributed by atoms with Gasteiger partial charge in [-0.1, -0.05) is 0 Å². The van der Waals surface area contributed by atoms with Gasteiger partial charge in [-0.2, -0.15) is 0 Å². The van der Waals surface area contributed by atoms with Crippen molar-refractivity contribution in [1.29, 1.82) is 0 Å². The minimum absolute atomic E-state index is 0.151. The minimum atomic E-state index is -0.559. The van der Waals surface area contributed by atoms with Crippen molar-refractivity contribution >= 4 is 17.9 Å². The largest absolute Gasteiger partial charge is 0.497 e. The quantitative estimate of drug-likeness (QED) is 0.575. The van der Waals surface area contributed by atoms with Crippen LogP contribution in [0.2, 0.25) is 0 Å². The molecule has 1 heterocycles. The van der Waals surface area contributed by atoms with Gasteiger partial charge in [0.2, 0.25) is 5.90 Å². The molecule has 0 unspecified atom stereocenters. The Kier molecular flexibility index (Phi) is 5.30. The molecule has 7 heteroatoms. The summed E-state index contributed by atoms with van der Waals surface area (Å²) in [5, 5.41) is 0. The van der Waals surface area contributed by atoms with Crippen LogP contribution in [-0.4, -0.2) is 40.3 Å². The average molecular weight is 369 g/mol. The fraction of sp³-hybridized carbons (Fsp3) is 0.200. The second-order valence-electron chi connectivity index (χ2n) is 5.55. The molecule has 0 aliphatic carbocycles. The number of aliphatic imine (C=N–C) groups is 1. The van der Waals surface area contributed by atoms with Gasteiger partial charge in [0.15, 0.2) is 5.70 Å². The third-order valence-corrected chi connectivity index (χ3v) is 3.95. The number of carbonyl (C=O) groups excluding carboxylic acids is 1. The third kappa shape index (κ3) is 3.87. The van der Waals surface area contributed by atoms with Gasteiger partial charge in [0, 0.05) is 17.2 Å². The number of hydrogen-bond donors (Lipinski definition) is 0. The van der Waals surface area contributed by atoms with Crippen molar-refractivity contribution in [3.05, 3.63) is 53.2 Å². The van der Waals surface area contributed by atoms with Gasteiger partial charge in [0.25, 0.3) is 0 Å². The van der Waals surface area contributed by atoms with Crippen LogP contribution in [0.25, 0.3) is 6.08 Å². The number of rotatable bonds is 6. The summed E-state index contributed by atoms with van der Waals surface area (Å²) in [4.78, 5) is 16.6. The van der Waals surface area contributed by atoms with Crippen LogP contribution in [0.15, 0.2) is 47.1 Å². The van der Waals surface area contributed by atoms with Gasteiger partial charge in [-0.3, -0.25) is 0 Å². The molecule has 27 heavy (non-hydrogen) atoms.